The molecule has 0 aliphatic heterocycles. The van der Waals surface area contributed by atoms with Crippen LogP contribution in [0.4, 0.5) is 0 Å². The van der Waals surface area contributed by atoms with Crippen LogP contribution in [-0.4, -0.2) is 15.8 Å². The van der Waals surface area contributed by atoms with Crippen molar-refractivity contribution in [3.8, 4) is 5.75 Å². The quantitative estimate of drug-likeness (QED) is 0.412. The molecule has 0 spiro atoms. The molecule has 30 heavy (non-hydrogen) atoms. The van der Waals surface area contributed by atoms with Gasteiger partial charge in [-0.05, 0) is 91.4 Å². The van der Waals surface area contributed by atoms with Crippen molar-refractivity contribution < 1.29 is 10.2 Å². The average Bonchev–Trinajstić information content (AvgIpc) is 3.00. The molecule has 2 saturated carbocycles. The van der Waals surface area contributed by atoms with Gasteiger partial charge in [-0.3, -0.25) is 0 Å². The summed E-state index contributed by atoms with van der Waals surface area (Å²) in [4.78, 5) is 0. The maximum atomic E-state index is 11.8. The average molecular weight is 413 g/mol. The van der Waals surface area contributed by atoms with E-state index in [2.05, 4.69) is 19.9 Å². The van der Waals surface area contributed by atoms with E-state index < -0.39 is 5.60 Å². The SMILES string of the molecule is CCCCCCCCCC[C@]1(O)CC[C@H]2[C@@H]3CCc4cc(O)ccc4[C@H]3CC[C@@]21C. The number of phenols is 1. The smallest absolute Gasteiger partial charge is 0.115 e. The van der Waals surface area contributed by atoms with Crippen molar-refractivity contribution in [2.45, 2.75) is 122 Å². The molecule has 3 aliphatic carbocycles. The van der Waals surface area contributed by atoms with Crippen LogP contribution in [0.15, 0.2) is 18.2 Å². The van der Waals surface area contributed by atoms with E-state index in [0.29, 0.717) is 23.5 Å². The van der Waals surface area contributed by atoms with Gasteiger partial charge in [0.1, 0.15) is 5.75 Å². The fourth-order valence-corrected chi connectivity index (χ4v) is 7.64. The highest BCUT2D eigenvalue weighted by Gasteiger charge is 2.60. The molecule has 0 heterocycles. The van der Waals surface area contributed by atoms with Crippen LogP contribution in [0, 0.1) is 17.3 Å². The van der Waals surface area contributed by atoms with Gasteiger partial charge in [0, 0.05) is 0 Å². The maximum Gasteiger partial charge on any atom is 0.115 e. The minimum absolute atomic E-state index is 0.101. The lowest BCUT2D eigenvalue weighted by atomic mass is 9.53. The molecule has 0 bridgehead atoms. The second-order valence-electron chi connectivity index (χ2n) is 11.0. The van der Waals surface area contributed by atoms with Crippen molar-refractivity contribution in [3.63, 3.8) is 0 Å². The van der Waals surface area contributed by atoms with Crippen molar-refractivity contribution in [2.75, 3.05) is 0 Å². The van der Waals surface area contributed by atoms with Gasteiger partial charge in [-0.15, -0.1) is 0 Å². The van der Waals surface area contributed by atoms with Crippen molar-refractivity contribution in [3.05, 3.63) is 29.3 Å². The maximum absolute atomic E-state index is 11.8. The minimum Gasteiger partial charge on any atom is -0.508 e. The normalized spacial score (nSPS) is 35.0. The van der Waals surface area contributed by atoms with E-state index in [1.807, 2.05) is 12.1 Å². The largest absolute Gasteiger partial charge is 0.508 e. The lowest BCUT2D eigenvalue weighted by Crippen LogP contribution is -2.50. The number of benzene rings is 1. The third kappa shape index (κ3) is 4.06. The van der Waals surface area contributed by atoms with Gasteiger partial charge in [-0.25, -0.2) is 0 Å². The van der Waals surface area contributed by atoms with Gasteiger partial charge in [0.05, 0.1) is 5.60 Å². The Kier molecular flexibility index (Phi) is 6.82. The highest BCUT2D eigenvalue weighted by molar-refractivity contribution is 5.40. The predicted molar refractivity (Wildman–Crippen MR) is 125 cm³/mol. The summed E-state index contributed by atoms with van der Waals surface area (Å²) < 4.78 is 0. The Morgan fingerprint density at radius 2 is 1.67 bits per heavy atom. The second-order valence-corrected chi connectivity index (χ2v) is 11.0. The number of aromatic hydroxyl groups is 1. The molecular formula is C28H44O2. The standard InChI is InChI=1S/C28H44O2/c1-3-4-5-6-7-8-9-10-17-28(30)19-16-26-25-13-11-21-20-22(29)12-14-23(21)24(25)15-18-27(26,28)2/h12,14,20,24-26,29-30H,3-11,13,15-19H2,1-2H3/t24-,25-,26+,27+,28+/m1/s1. The highest BCUT2D eigenvalue weighted by Crippen LogP contribution is 2.65. The Morgan fingerprint density at radius 3 is 2.43 bits per heavy atom. The topological polar surface area (TPSA) is 40.5 Å². The zero-order valence-electron chi connectivity index (χ0n) is 19.5. The van der Waals surface area contributed by atoms with Crippen molar-refractivity contribution in [1.82, 2.24) is 0 Å². The number of unbranched alkanes of at least 4 members (excludes halogenated alkanes) is 7. The Balaban J connectivity index is 1.35. The van der Waals surface area contributed by atoms with E-state index in [9.17, 15) is 10.2 Å². The summed E-state index contributed by atoms with van der Waals surface area (Å²) in [5.41, 5.74) is 2.51. The van der Waals surface area contributed by atoms with Gasteiger partial charge in [-0.2, -0.15) is 0 Å². The van der Waals surface area contributed by atoms with E-state index in [0.717, 1.165) is 25.7 Å². The summed E-state index contributed by atoms with van der Waals surface area (Å²) in [6.07, 6.45) is 18.6. The number of phenolic OH excluding ortho intramolecular Hbond substituents is 1. The Hall–Kier alpha value is -1.02. The Bertz CT molecular complexity index is 713. The van der Waals surface area contributed by atoms with Crippen LogP contribution in [0.2, 0.25) is 0 Å². The van der Waals surface area contributed by atoms with Gasteiger partial charge >= 0.3 is 0 Å². The van der Waals surface area contributed by atoms with Crippen molar-refractivity contribution in [1.29, 1.82) is 0 Å². The highest BCUT2D eigenvalue weighted by atomic mass is 16.3. The van der Waals surface area contributed by atoms with Crippen LogP contribution < -0.4 is 0 Å². The Morgan fingerprint density at radius 1 is 0.933 bits per heavy atom. The zero-order chi connectivity index (χ0) is 21.2. The van der Waals surface area contributed by atoms with Gasteiger partial charge in [0.25, 0.3) is 0 Å². The molecule has 168 valence electrons. The second kappa shape index (κ2) is 9.23. The van der Waals surface area contributed by atoms with Crippen LogP contribution in [0.1, 0.15) is 121 Å². The van der Waals surface area contributed by atoms with E-state index in [1.165, 1.54) is 81.8 Å². The molecule has 0 unspecified atom stereocenters. The van der Waals surface area contributed by atoms with Gasteiger partial charge in [-0.1, -0.05) is 71.3 Å². The summed E-state index contributed by atoms with van der Waals surface area (Å²) in [6.45, 7) is 4.71. The van der Waals surface area contributed by atoms with Crippen molar-refractivity contribution in [2.24, 2.45) is 17.3 Å². The number of hydrogen-bond acceptors (Lipinski definition) is 2. The number of hydrogen-bond donors (Lipinski definition) is 2. The monoisotopic (exact) mass is 412 g/mol. The molecule has 0 amide bonds. The Labute approximate surface area is 184 Å². The summed E-state index contributed by atoms with van der Waals surface area (Å²) in [7, 11) is 0. The fraction of sp³-hybridized carbons (Fsp3) is 0.786. The van der Waals surface area contributed by atoms with Gasteiger partial charge in [0.2, 0.25) is 0 Å². The summed E-state index contributed by atoms with van der Waals surface area (Å²) >= 11 is 0. The van der Waals surface area contributed by atoms with E-state index in [-0.39, 0.29) is 5.41 Å². The molecule has 1 aromatic rings. The summed E-state index contributed by atoms with van der Waals surface area (Å²) in [6, 6.07) is 6.06. The molecule has 5 atom stereocenters. The predicted octanol–water partition coefficient (Wildman–Crippen LogP) is 7.51. The third-order valence-electron chi connectivity index (χ3n) is 9.48. The summed E-state index contributed by atoms with van der Waals surface area (Å²) in [5, 5.41) is 21.7. The van der Waals surface area contributed by atoms with E-state index >= 15 is 0 Å². The molecule has 0 aromatic heterocycles. The number of rotatable bonds is 9. The summed E-state index contributed by atoms with van der Waals surface area (Å²) in [5.74, 6) is 2.43. The molecule has 2 nitrogen and oxygen atoms in total. The molecule has 3 aliphatic rings. The molecule has 0 radical (unpaired) electrons. The molecule has 2 N–H and O–H groups in total. The first-order valence-corrected chi connectivity index (χ1v) is 13.0. The number of aryl methyl sites for hydroxylation is 1. The van der Waals surface area contributed by atoms with Crippen LogP contribution in [0.25, 0.3) is 0 Å². The van der Waals surface area contributed by atoms with Gasteiger partial charge < -0.3 is 10.2 Å². The van der Waals surface area contributed by atoms with E-state index in [4.69, 9.17) is 0 Å². The molecule has 4 rings (SSSR count). The van der Waals surface area contributed by atoms with Crippen LogP contribution in [0.5, 0.6) is 5.75 Å². The van der Waals surface area contributed by atoms with Crippen LogP contribution in [0.3, 0.4) is 0 Å². The molecule has 1 aromatic carbocycles. The van der Waals surface area contributed by atoms with Crippen LogP contribution in [-0.2, 0) is 6.42 Å². The zero-order valence-corrected chi connectivity index (χ0v) is 19.5. The lowest BCUT2D eigenvalue weighted by Gasteiger charge is -2.53. The first-order chi connectivity index (χ1) is 14.5. The van der Waals surface area contributed by atoms with Crippen molar-refractivity contribution >= 4 is 0 Å². The van der Waals surface area contributed by atoms with Gasteiger partial charge in [0.15, 0.2) is 0 Å². The number of fused-ring (bicyclic) bond motifs is 5. The molecular weight excluding hydrogens is 368 g/mol. The van der Waals surface area contributed by atoms with E-state index in [1.54, 1.807) is 0 Å². The minimum atomic E-state index is -0.444. The molecule has 2 fully saturated rings. The first-order valence-electron chi connectivity index (χ1n) is 13.0. The lowest BCUT2D eigenvalue weighted by molar-refractivity contribution is -0.108. The number of aliphatic hydroxyl groups is 1. The third-order valence-corrected chi connectivity index (χ3v) is 9.48. The molecule has 2 heteroatoms. The fourth-order valence-electron chi connectivity index (χ4n) is 7.64. The first kappa shape index (κ1) is 22.2. The van der Waals surface area contributed by atoms with Crippen LogP contribution >= 0.6 is 0 Å². The molecule has 0 saturated heterocycles.